The molecule has 1 saturated carbocycles. The predicted octanol–water partition coefficient (Wildman–Crippen LogP) is 0.733. The molecule has 0 aliphatic heterocycles. The average Bonchev–Trinajstić information content (AvgIpc) is 2.64. The summed E-state index contributed by atoms with van der Waals surface area (Å²) >= 11 is 0. The van der Waals surface area contributed by atoms with Gasteiger partial charge < -0.3 is 15.7 Å². The van der Waals surface area contributed by atoms with Gasteiger partial charge in [0, 0.05) is 31.2 Å². The molecule has 2 atom stereocenters. The van der Waals surface area contributed by atoms with E-state index in [1.165, 1.54) is 0 Å². The third-order valence-corrected chi connectivity index (χ3v) is 3.29. The first-order chi connectivity index (χ1) is 7.56. The van der Waals surface area contributed by atoms with Gasteiger partial charge in [-0.25, -0.2) is 0 Å². The second kappa shape index (κ2) is 6.21. The summed E-state index contributed by atoms with van der Waals surface area (Å²) in [5.74, 6) is 0.326. The van der Waals surface area contributed by atoms with Gasteiger partial charge in [-0.1, -0.05) is 0 Å². The summed E-state index contributed by atoms with van der Waals surface area (Å²) in [7, 11) is 0. The number of aliphatic hydroxyl groups excluding tert-OH is 1. The molecule has 0 bridgehead atoms. The Morgan fingerprint density at radius 3 is 2.62 bits per heavy atom. The molecule has 0 heterocycles. The van der Waals surface area contributed by atoms with Crippen LogP contribution in [0.2, 0.25) is 0 Å². The van der Waals surface area contributed by atoms with Crippen LogP contribution in [0, 0.1) is 5.92 Å². The zero-order chi connectivity index (χ0) is 12.1. The van der Waals surface area contributed by atoms with Gasteiger partial charge in [0.05, 0.1) is 0 Å². The highest BCUT2D eigenvalue weighted by molar-refractivity contribution is 5.79. The first-order valence-corrected chi connectivity index (χ1v) is 6.23. The molecule has 94 valence electrons. The van der Waals surface area contributed by atoms with Gasteiger partial charge in [0.25, 0.3) is 0 Å². The molecule has 16 heavy (non-hydrogen) atoms. The fourth-order valence-electron chi connectivity index (χ4n) is 2.34. The summed E-state index contributed by atoms with van der Waals surface area (Å²) in [6.07, 6.45) is 3.36. The standard InChI is InChI=1S/C12H24N2O2/c1-9(2)14(6-3-7-15)12(16)10-4-5-11(13)8-10/h9-11,15H,3-8,13H2,1-2H3. The Kier molecular flexibility index (Phi) is 5.22. The summed E-state index contributed by atoms with van der Waals surface area (Å²) in [4.78, 5) is 14.1. The first kappa shape index (κ1) is 13.5. The van der Waals surface area contributed by atoms with Crippen molar-refractivity contribution in [2.45, 2.75) is 51.6 Å². The molecular formula is C12H24N2O2. The molecule has 0 radical (unpaired) electrons. The summed E-state index contributed by atoms with van der Waals surface area (Å²) < 4.78 is 0. The van der Waals surface area contributed by atoms with E-state index in [9.17, 15) is 4.79 Å². The molecule has 4 nitrogen and oxygen atoms in total. The number of carbonyl (C=O) groups is 1. The second-order valence-corrected chi connectivity index (χ2v) is 4.97. The predicted molar refractivity (Wildman–Crippen MR) is 63.9 cm³/mol. The van der Waals surface area contributed by atoms with Gasteiger partial charge in [-0.15, -0.1) is 0 Å². The SMILES string of the molecule is CC(C)N(CCCO)C(=O)C1CCC(N)C1. The molecule has 1 aliphatic rings. The number of nitrogens with zero attached hydrogens (tertiary/aromatic N) is 1. The molecular weight excluding hydrogens is 204 g/mol. The third-order valence-electron chi connectivity index (χ3n) is 3.29. The molecule has 0 aromatic heterocycles. The molecule has 3 N–H and O–H groups in total. The van der Waals surface area contributed by atoms with Crippen LogP contribution in [0.5, 0.6) is 0 Å². The van der Waals surface area contributed by atoms with E-state index in [2.05, 4.69) is 0 Å². The van der Waals surface area contributed by atoms with Crippen LogP contribution in [0.1, 0.15) is 39.5 Å². The number of aliphatic hydroxyl groups is 1. The van der Waals surface area contributed by atoms with Crippen LogP contribution >= 0.6 is 0 Å². The van der Waals surface area contributed by atoms with Gasteiger partial charge in [0.1, 0.15) is 0 Å². The van der Waals surface area contributed by atoms with Crippen molar-refractivity contribution in [1.82, 2.24) is 4.90 Å². The van der Waals surface area contributed by atoms with Gasteiger partial charge in [-0.2, -0.15) is 0 Å². The number of rotatable bonds is 5. The minimum atomic E-state index is 0.107. The van der Waals surface area contributed by atoms with E-state index >= 15 is 0 Å². The highest BCUT2D eigenvalue weighted by Crippen LogP contribution is 2.26. The van der Waals surface area contributed by atoms with Crippen molar-refractivity contribution in [1.29, 1.82) is 0 Å². The van der Waals surface area contributed by atoms with Crippen molar-refractivity contribution in [2.75, 3.05) is 13.2 Å². The lowest BCUT2D eigenvalue weighted by Gasteiger charge is -2.29. The number of nitrogens with two attached hydrogens (primary N) is 1. The molecule has 1 amide bonds. The smallest absolute Gasteiger partial charge is 0.225 e. The van der Waals surface area contributed by atoms with E-state index in [0.717, 1.165) is 19.3 Å². The van der Waals surface area contributed by atoms with E-state index in [-0.39, 0.29) is 30.5 Å². The van der Waals surface area contributed by atoms with Crippen LogP contribution in [0.25, 0.3) is 0 Å². The molecule has 0 aromatic rings. The summed E-state index contributed by atoms with van der Waals surface area (Å²) in [5.41, 5.74) is 5.83. The van der Waals surface area contributed by atoms with Crippen LogP contribution in [-0.2, 0) is 4.79 Å². The van der Waals surface area contributed by atoms with Gasteiger partial charge in [0.15, 0.2) is 0 Å². The molecule has 0 spiro atoms. The largest absolute Gasteiger partial charge is 0.396 e. The van der Waals surface area contributed by atoms with Crippen molar-refractivity contribution in [2.24, 2.45) is 11.7 Å². The molecule has 0 saturated heterocycles. The van der Waals surface area contributed by atoms with Gasteiger partial charge in [0.2, 0.25) is 5.91 Å². The third kappa shape index (κ3) is 3.46. The number of carbonyl (C=O) groups excluding carboxylic acids is 1. The highest BCUT2D eigenvalue weighted by Gasteiger charge is 2.31. The topological polar surface area (TPSA) is 66.6 Å². The fourth-order valence-corrected chi connectivity index (χ4v) is 2.34. The van der Waals surface area contributed by atoms with Crippen molar-refractivity contribution in [3.05, 3.63) is 0 Å². The van der Waals surface area contributed by atoms with Crippen molar-refractivity contribution < 1.29 is 9.90 Å². The minimum Gasteiger partial charge on any atom is -0.396 e. The Hall–Kier alpha value is -0.610. The Morgan fingerprint density at radius 1 is 1.50 bits per heavy atom. The number of hydrogen-bond donors (Lipinski definition) is 2. The lowest BCUT2D eigenvalue weighted by Crippen LogP contribution is -2.41. The maximum Gasteiger partial charge on any atom is 0.225 e. The average molecular weight is 228 g/mol. The molecule has 2 unspecified atom stereocenters. The fraction of sp³-hybridized carbons (Fsp3) is 0.917. The molecule has 0 aromatic carbocycles. The van der Waals surface area contributed by atoms with Gasteiger partial charge in [-0.3, -0.25) is 4.79 Å². The highest BCUT2D eigenvalue weighted by atomic mass is 16.3. The Bertz CT molecular complexity index is 231. The normalized spacial score (nSPS) is 25.1. The lowest BCUT2D eigenvalue weighted by molar-refractivity contribution is -0.137. The van der Waals surface area contributed by atoms with Crippen molar-refractivity contribution in [3.8, 4) is 0 Å². The number of amides is 1. The van der Waals surface area contributed by atoms with Crippen molar-refractivity contribution >= 4 is 5.91 Å². The summed E-state index contributed by atoms with van der Waals surface area (Å²) in [5, 5.41) is 8.83. The minimum absolute atomic E-state index is 0.107. The molecule has 1 fully saturated rings. The van der Waals surface area contributed by atoms with E-state index in [1.54, 1.807) is 0 Å². The monoisotopic (exact) mass is 228 g/mol. The number of hydrogen-bond acceptors (Lipinski definition) is 3. The Balaban J connectivity index is 2.53. The summed E-state index contributed by atoms with van der Waals surface area (Å²) in [6.45, 7) is 4.83. The molecule has 1 aliphatic carbocycles. The van der Waals surface area contributed by atoms with Gasteiger partial charge in [-0.05, 0) is 39.5 Å². The van der Waals surface area contributed by atoms with Crippen LogP contribution < -0.4 is 5.73 Å². The maximum absolute atomic E-state index is 12.2. The van der Waals surface area contributed by atoms with E-state index < -0.39 is 0 Å². The zero-order valence-electron chi connectivity index (χ0n) is 10.4. The lowest BCUT2D eigenvalue weighted by atomic mass is 10.1. The van der Waals surface area contributed by atoms with E-state index in [0.29, 0.717) is 13.0 Å². The van der Waals surface area contributed by atoms with Crippen LogP contribution in [0.3, 0.4) is 0 Å². The van der Waals surface area contributed by atoms with Crippen molar-refractivity contribution in [3.63, 3.8) is 0 Å². The van der Waals surface area contributed by atoms with E-state index in [4.69, 9.17) is 10.8 Å². The zero-order valence-corrected chi connectivity index (χ0v) is 10.4. The quantitative estimate of drug-likeness (QED) is 0.729. The Morgan fingerprint density at radius 2 is 2.19 bits per heavy atom. The molecule has 1 rings (SSSR count). The second-order valence-electron chi connectivity index (χ2n) is 4.97. The first-order valence-electron chi connectivity index (χ1n) is 6.23. The van der Waals surface area contributed by atoms with Crippen LogP contribution in [0.15, 0.2) is 0 Å². The van der Waals surface area contributed by atoms with Gasteiger partial charge >= 0.3 is 0 Å². The summed E-state index contributed by atoms with van der Waals surface area (Å²) in [6, 6.07) is 0.400. The maximum atomic E-state index is 12.2. The molecule has 4 heteroatoms. The van der Waals surface area contributed by atoms with Crippen LogP contribution in [0.4, 0.5) is 0 Å². The van der Waals surface area contributed by atoms with Crippen LogP contribution in [-0.4, -0.2) is 41.1 Å². The Labute approximate surface area is 97.8 Å². The van der Waals surface area contributed by atoms with E-state index in [1.807, 2.05) is 18.7 Å².